The van der Waals surface area contributed by atoms with E-state index in [9.17, 15) is 4.79 Å². The lowest BCUT2D eigenvalue weighted by molar-refractivity contribution is 0.0939. The number of nitrogens with zero attached hydrogens (tertiary/aromatic N) is 1. The minimum atomic E-state index is -0.125. The van der Waals surface area contributed by atoms with Crippen molar-refractivity contribution in [3.8, 4) is 0 Å². The normalized spacial score (nSPS) is 12.8. The predicted molar refractivity (Wildman–Crippen MR) is 60.7 cm³/mol. The number of hydrogen-bond donors (Lipinski definition) is 3. The molecule has 0 radical (unpaired) electrons. The van der Waals surface area contributed by atoms with Gasteiger partial charge in [0.25, 0.3) is 5.91 Å². The number of H-pyrrole nitrogens is 1. The van der Waals surface area contributed by atoms with E-state index in [1.54, 1.807) is 12.3 Å². The number of carbonyl (C=O) groups is 1. The molecule has 1 atom stereocenters. The van der Waals surface area contributed by atoms with Gasteiger partial charge < -0.3 is 20.9 Å². The zero-order valence-electron chi connectivity index (χ0n) is 9.37. The summed E-state index contributed by atoms with van der Waals surface area (Å²) in [6.45, 7) is 2.66. The molecule has 1 aromatic rings. The number of nitrogen functional groups attached to an aromatic ring is 1. The minimum absolute atomic E-state index is 0.125. The maximum absolute atomic E-state index is 11.6. The minimum Gasteiger partial charge on any atom is -0.397 e. The zero-order chi connectivity index (χ0) is 11.4. The van der Waals surface area contributed by atoms with Crippen LogP contribution in [-0.4, -0.2) is 42.5 Å². The standard InChI is InChI=1S/C10H18N4O/c1-7(14(2)3)5-13-10(15)9-4-8(11)6-12-9/h4,6-7,12H,5,11H2,1-3H3,(H,13,15). The fourth-order valence-electron chi connectivity index (χ4n) is 1.06. The summed E-state index contributed by atoms with van der Waals surface area (Å²) in [7, 11) is 3.95. The number of rotatable bonds is 4. The maximum Gasteiger partial charge on any atom is 0.267 e. The molecule has 0 spiro atoms. The molecular formula is C10H18N4O. The van der Waals surface area contributed by atoms with Gasteiger partial charge >= 0.3 is 0 Å². The molecule has 0 aliphatic heterocycles. The van der Waals surface area contributed by atoms with Crippen LogP contribution in [0.15, 0.2) is 12.3 Å². The van der Waals surface area contributed by atoms with E-state index in [1.807, 2.05) is 25.9 Å². The summed E-state index contributed by atoms with van der Waals surface area (Å²) in [6.07, 6.45) is 1.60. The van der Waals surface area contributed by atoms with Crippen molar-refractivity contribution < 1.29 is 4.79 Å². The molecule has 84 valence electrons. The second-order valence-corrected chi connectivity index (χ2v) is 3.87. The van der Waals surface area contributed by atoms with Gasteiger partial charge in [-0.15, -0.1) is 0 Å². The molecule has 1 heterocycles. The lowest BCUT2D eigenvalue weighted by atomic mass is 10.3. The van der Waals surface area contributed by atoms with Gasteiger partial charge in [0.15, 0.2) is 0 Å². The van der Waals surface area contributed by atoms with Crippen molar-refractivity contribution in [2.24, 2.45) is 0 Å². The van der Waals surface area contributed by atoms with Gasteiger partial charge in [0.2, 0.25) is 0 Å². The van der Waals surface area contributed by atoms with Crippen LogP contribution in [0.1, 0.15) is 17.4 Å². The van der Waals surface area contributed by atoms with Crippen LogP contribution in [0.4, 0.5) is 5.69 Å². The first-order valence-corrected chi connectivity index (χ1v) is 4.89. The SMILES string of the molecule is CC(CNC(=O)c1cc(N)c[nH]1)N(C)C. The van der Waals surface area contributed by atoms with E-state index in [1.165, 1.54) is 0 Å². The highest BCUT2D eigenvalue weighted by atomic mass is 16.1. The van der Waals surface area contributed by atoms with Crippen LogP contribution < -0.4 is 11.1 Å². The first-order chi connectivity index (χ1) is 7.00. The van der Waals surface area contributed by atoms with Crippen molar-refractivity contribution >= 4 is 11.6 Å². The van der Waals surface area contributed by atoms with Gasteiger partial charge in [-0.05, 0) is 27.1 Å². The van der Waals surface area contributed by atoms with Crippen molar-refractivity contribution in [2.75, 3.05) is 26.4 Å². The molecule has 1 rings (SSSR count). The van der Waals surface area contributed by atoms with Gasteiger partial charge in [0.1, 0.15) is 5.69 Å². The van der Waals surface area contributed by atoms with Crippen LogP contribution >= 0.6 is 0 Å². The van der Waals surface area contributed by atoms with Gasteiger partial charge in [0.05, 0.1) is 0 Å². The number of anilines is 1. The molecule has 1 aromatic heterocycles. The number of likely N-dealkylation sites (N-methyl/N-ethyl adjacent to an activating group) is 1. The van der Waals surface area contributed by atoms with Gasteiger partial charge in [-0.2, -0.15) is 0 Å². The van der Waals surface area contributed by atoms with Gasteiger partial charge in [-0.1, -0.05) is 0 Å². The third kappa shape index (κ3) is 3.28. The maximum atomic E-state index is 11.6. The molecule has 0 aliphatic carbocycles. The number of nitrogens with two attached hydrogens (primary N) is 1. The largest absolute Gasteiger partial charge is 0.397 e. The molecular weight excluding hydrogens is 192 g/mol. The quantitative estimate of drug-likeness (QED) is 0.668. The third-order valence-corrected chi connectivity index (χ3v) is 2.39. The van der Waals surface area contributed by atoms with Crippen LogP contribution in [0.2, 0.25) is 0 Å². The average Bonchev–Trinajstić information content (AvgIpc) is 2.60. The van der Waals surface area contributed by atoms with E-state index in [2.05, 4.69) is 10.3 Å². The topological polar surface area (TPSA) is 74.1 Å². The Morgan fingerprint density at radius 3 is 2.80 bits per heavy atom. The lowest BCUT2D eigenvalue weighted by Gasteiger charge is -2.19. The molecule has 0 saturated heterocycles. The first-order valence-electron chi connectivity index (χ1n) is 4.89. The molecule has 15 heavy (non-hydrogen) atoms. The van der Waals surface area contributed by atoms with Crippen molar-refractivity contribution in [1.82, 2.24) is 15.2 Å². The van der Waals surface area contributed by atoms with Crippen molar-refractivity contribution in [3.05, 3.63) is 18.0 Å². The average molecular weight is 210 g/mol. The molecule has 1 amide bonds. The van der Waals surface area contributed by atoms with Crippen LogP contribution in [0.25, 0.3) is 0 Å². The molecule has 0 aromatic carbocycles. The number of aromatic nitrogens is 1. The molecule has 0 saturated carbocycles. The predicted octanol–water partition coefficient (Wildman–Crippen LogP) is 0.277. The highest BCUT2D eigenvalue weighted by Crippen LogP contribution is 2.03. The van der Waals surface area contributed by atoms with Crippen molar-refractivity contribution in [1.29, 1.82) is 0 Å². The summed E-state index contributed by atoms with van der Waals surface area (Å²) in [5, 5.41) is 2.83. The molecule has 5 heteroatoms. The molecule has 0 aliphatic rings. The highest BCUT2D eigenvalue weighted by Gasteiger charge is 2.10. The Balaban J connectivity index is 2.43. The Hall–Kier alpha value is -1.49. The number of hydrogen-bond acceptors (Lipinski definition) is 3. The Kier molecular flexibility index (Phi) is 3.74. The zero-order valence-corrected chi connectivity index (χ0v) is 9.37. The summed E-state index contributed by atoms with van der Waals surface area (Å²) < 4.78 is 0. The molecule has 0 fully saturated rings. The van der Waals surface area contributed by atoms with Gasteiger partial charge in [-0.3, -0.25) is 4.79 Å². The third-order valence-electron chi connectivity index (χ3n) is 2.39. The number of nitrogens with one attached hydrogen (secondary N) is 2. The number of aromatic amines is 1. The van der Waals surface area contributed by atoms with Crippen LogP contribution in [-0.2, 0) is 0 Å². The van der Waals surface area contributed by atoms with E-state index in [4.69, 9.17) is 5.73 Å². The summed E-state index contributed by atoms with van der Waals surface area (Å²) in [5.41, 5.74) is 6.57. The smallest absolute Gasteiger partial charge is 0.267 e. The first kappa shape index (κ1) is 11.6. The highest BCUT2D eigenvalue weighted by molar-refractivity contribution is 5.93. The second kappa shape index (κ2) is 4.84. The summed E-state index contributed by atoms with van der Waals surface area (Å²) in [4.78, 5) is 16.4. The molecule has 4 N–H and O–H groups in total. The molecule has 0 bridgehead atoms. The Labute approximate surface area is 89.6 Å². The molecule has 1 unspecified atom stereocenters. The van der Waals surface area contributed by atoms with Gasteiger partial charge in [-0.25, -0.2) is 0 Å². The van der Waals surface area contributed by atoms with E-state index < -0.39 is 0 Å². The monoisotopic (exact) mass is 210 g/mol. The summed E-state index contributed by atoms with van der Waals surface area (Å²) >= 11 is 0. The summed E-state index contributed by atoms with van der Waals surface area (Å²) in [6, 6.07) is 1.93. The van der Waals surface area contributed by atoms with Crippen molar-refractivity contribution in [2.45, 2.75) is 13.0 Å². The fourth-order valence-corrected chi connectivity index (χ4v) is 1.06. The number of amides is 1. The van der Waals surface area contributed by atoms with E-state index in [-0.39, 0.29) is 5.91 Å². The fraction of sp³-hybridized carbons (Fsp3) is 0.500. The van der Waals surface area contributed by atoms with Crippen molar-refractivity contribution in [3.63, 3.8) is 0 Å². The van der Waals surface area contributed by atoms with E-state index in [0.717, 1.165) is 0 Å². The van der Waals surface area contributed by atoms with Crippen LogP contribution in [0, 0.1) is 0 Å². The van der Waals surface area contributed by atoms with Crippen LogP contribution in [0.5, 0.6) is 0 Å². The van der Waals surface area contributed by atoms with E-state index in [0.29, 0.717) is 24.0 Å². The van der Waals surface area contributed by atoms with E-state index >= 15 is 0 Å². The number of carbonyl (C=O) groups excluding carboxylic acids is 1. The lowest BCUT2D eigenvalue weighted by Crippen LogP contribution is -2.38. The van der Waals surface area contributed by atoms with Crippen LogP contribution in [0.3, 0.4) is 0 Å². The van der Waals surface area contributed by atoms with Gasteiger partial charge in [0, 0.05) is 24.5 Å². The second-order valence-electron chi connectivity index (χ2n) is 3.87. The molecule has 5 nitrogen and oxygen atoms in total. The summed E-state index contributed by atoms with van der Waals surface area (Å²) in [5.74, 6) is -0.125. The Morgan fingerprint density at radius 1 is 1.67 bits per heavy atom. The Bertz CT molecular complexity index is 332. The Morgan fingerprint density at radius 2 is 2.33 bits per heavy atom.